The van der Waals surface area contributed by atoms with E-state index in [-0.39, 0.29) is 25.2 Å². The smallest absolute Gasteiger partial charge is 0.311 e. The summed E-state index contributed by atoms with van der Waals surface area (Å²) in [6.45, 7) is 17.5. The van der Waals surface area contributed by atoms with Crippen molar-refractivity contribution >= 4 is 5.97 Å². The number of aliphatic hydroxyl groups excluding tert-OH is 3. The Morgan fingerprint density at radius 2 is 1.60 bits per heavy atom. The first-order chi connectivity index (χ1) is 24.4. The zero-order chi connectivity index (χ0) is 40.4. The molecule has 0 aromatic carbocycles. The number of rotatable bonds is 8. The van der Waals surface area contributed by atoms with Gasteiger partial charge in [-0.2, -0.15) is 0 Å². The standard InChI is InChI=1S/C37H69N3O13/c1-14-26-37(10,46)30(42)23(6)39(11)18-19(2)16-35(8,45)32(53-34-28(41)25(40(12)38-47)15-20(3)49-34)21(4)29(22(5)33(44)51-26)52-27-17-36(9,48-13)31(43)24(7)50-27/h19-32,34,41-43,45-46H,14-18H2,1-13H3/t19-,20-,21+,22+,23-,24+,25+,26-,27+,28-,29+,30-,31+,32-,34+,35-,36-,37-/m1/s1. The number of hydrogen-bond acceptors (Lipinski definition) is 15. The summed E-state index contributed by atoms with van der Waals surface area (Å²) in [6.07, 6.45) is -9.65. The molecular weight excluding hydrogens is 694 g/mol. The van der Waals surface area contributed by atoms with E-state index >= 15 is 0 Å². The lowest BCUT2D eigenvalue weighted by molar-refractivity contribution is -0.318. The van der Waals surface area contributed by atoms with E-state index in [1.165, 1.54) is 21.1 Å². The minimum absolute atomic E-state index is 0.0936. The molecule has 3 rings (SSSR count). The highest BCUT2D eigenvalue weighted by atomic mass is 16.7. The van der Waals surface area contributed by atoms with E-state index in [0.29, 0.717) is 13.0 Å². The fourth-order valence-corrected chi connectivity index (χ4v) is 8.65. The molecule has 0 spiro atoms. The van der Waals surface area contributed by atoms with Crippen molar-refractivity contribution in [3.63, 3.8) is 0 Å². The van der Waals surface area contributed by atoms with E-state index in [2.05, 4.69) is 5.29 Å². The number of nitrogens with zero attached hydrogens (tertiary/aromatic N) is 3. The molecule has 53 heavy (non-hydrogen) atoms. The third-order valence-corrected chi connectivity index (χ3v) is 12.2. The van der Waals surface area contributed by atoms with Crippen LogP contribution in [0.1, 0.15) is 94.9 Å². The van der Waals surface area contributed by atoms with Gasteiger partial charge in [-0.1, -0.05) is 20.8 Å². The SMILES string of the molecule is CC[C@H]1OC(=O)[C@@H](C)[C@@H](O[C@H]2C[C@@](C)(OC)[C@@H](O)[C@H](C)O2)[C@H](C)[C@@H](O[C@@H]2O[C@H](C)C[C@H](N(C)N=O)[C@H]2O)[C@](C)(O)C[C@@H](C)CN(C)[C@H](C)[C@@H](O)[C@]1(C)O. The number of nitroso groups, excluding NO2 is 1. The van der Waals surface area contributed by atoms with Crippen LogP contribution in [0.2, 0.25) is 0 Å². The van der Waals surface area contributed by atoms with Gasteiger partial charge in [0, 0.05) is 39.1 Å². The molecule has 3 saturated heterocycles. The maximum atomic E-state index is 14.2. The van der Waals surface area contributed by atoms with Crippen molar-refractivity contribution in [2.75, 3.05) is 27.7 Å². The fraction of sp³-hybridized carbons (Fsp3) is 0.973. The predicted octanol–water partition coefficient (Wildman–Crippen LogP) is 1.95. The number of methoxy groups -OCH3 is 1. The van der Waals surface area contributed by atoms with E-state index in [0.717, 1.165) is 5.01 Å². The molecule has 0 radical (unpaired) electrons. The number of cyclic esters (lactones) is 1. The van der Waals surface area contributed by atoms with Crippen LogP contribution in [-0.4, -0.2) is 159 Å². The first-order valence-corrected chi connectivity index (χ1v) is 19.1. The van der Waals surface area contributed by atoms with Crippen LogP contribution >= 0.6 is 0 Å². The van der Waals surface area contributed by atoms with Gasteiger partial charge < -0.3 is 58.9 Å². The van der Waals surface area contributed by atoms with Gasteiger partial charge in [-0.15, -0.1) is 4.91 Å². The molecule has 5 N–H and O–H groups in total. The zero-order valence-corrected chi connectivity index (χ0v) is 34.0. The van der Waals surface area contributed by atoms with Gasteiger partial charge in [-0.3, -0.25) is 9.80 Å². The van der Waals surface area contributed by atoms with Crippen molar-refractivity contribution in [3.05, 3.63) is 4.91 Å². The molecule has 0 bridgehead atoms. The summed E-state index contributed by atoms with van der Waals surface area (Å²) in [5.41, 5.74) is -4.53. The van der Waals surface area contributed by atoms with Crippen molar-refractivity contribution in [1.82, 2.24) is 9.91 Å². The zero-order valence-electron chi connectivity index (χ0n) is 34.0. The molecule has 16 heteroatoms. The highest BCUT2D eigenvalue weighted by molar-refractivity contribution is 5.73. The second kappa shape index (κ2) is 18.1. The molecule has 0 unspecified atom stereocenters. The summed E-state index contributed by atoms with van der Waals surface area (Å²) in [5.74, 6) is -2.83. The van der Waals surface area contributed by atoms with Gasteiger partial charge >= 0.3 is 5.97 Å². The molecule has 18 atom stereocenters. The van der Waals surface area contributed by atoms with E-state index < -0.39 is 108 Å². The highest BCUT2D eigenvalue weighted by Gasteiger charge is 2.52. The van der Waals surface area contributed by atoms with Crippen LogP contribution in [0, 0.1) is 22.7 Å². The Labute approximate surface area is 315 Å². The maximum absolute atomic E-state index is 14.2. The van der Waals surface area contributed by atoms with Crippen molar-refractivity contribution in [2.45, 2.75) is 185 Å². The minimum Gasteiger partial charge on any atom is -0.459 e. The molecule has 0 saturated carbocycles. The topological polar surface area (TPSA) is 210 Å². The molecule has 16 nitrogen and oxygen atoms in total. The quantitative estimate of drug-likeness (QED) is 0.136. The number of carbonyl (C=O) groups is 1. The second-order valence-electron chi connectivity index (χ2n) is 16.9. The van der Waals surface area contributed by atoms with Crippen LogP contribution < -0.4 is 0 Å². The lowest BCUT2D eigenvalue weighted by Crippen LogP contribution is -2.60. The first kappa shape index (κ1) is 45.8. The van der Waals surface area contributed by atoms with Crippen molar-refractivity contribution < 1.29 is 58.7 Å². The number of likely N-dealkylation sites (N-methyl/N-ethyl adjacent to an activating group) is 2. The Morgan fingerprint density at radius 3 is 2.17 bits per heavy atom. The van der Waals surface area contributed by atoms with Gasteiger partial charge in [0.2, 0.25) is 0 Å². The Kier molecular flexibility index (Phi) is 15.7. The first-order valence-electron chi connectivity index (χ1n) is 19.1. The Morgan fingerprint density at radius 1 is 0.981 bits per heavy atom. The lowest BCUT2D eigenvalue weighted by Gasteiger charge is -2.48. The van der Waals surface area contributed by atoms with Crippen molar-refractivity contribution in [3.8, 4) is 0 Å². The van der Waals surface area contributed by atoms with Crippen LogP contribution in [0.4, 0.5) is 0 Å². The highest BCUT2D eigenvalue weighted by Crippen LogP contribution is 2.40. The number of esters is 1. The summed E-state index contributed by atoms with van der Waals surface area (Å²) in [5, 5.41) is 62.1. The summed E-state index contributed by atoms with van der Waals surface area (Å²) in [6, 6.07) is -1.31. The molecule has 0 aliphatic carbocycles. The number of aliphatic hydroxyl groups is 5. The van der Waals surface area contributed by atoms with E-state index in [1.807, 2.05) is 18.9 Å². The van der Waals surface area contributed by atoms with Gasteiger partial charge in [0.25, 0.3) is 0 Å². The van der Waals surface area contributed by atoms with Crippen molar-refractivity contribution in [2.24, 2.45) is 23.0 Å². The number of hydrogen-bond donors (Lipinski definition) is 5. The summed E-state index contributed by atoms with van der Waals surface area (Å²) >= 11 is 0. The number of ether oxygens (including phenoxy) is 6. The van der Waals surface area contributed by atoms with E-state index in [4.69, 9.17) is 28.4 Å². The van der Waals surface area contributed by atoms with E-state index in [1.54, 1.807) is 55.4 Å². The Balaban J connectivity index is 2.18. The van der Waals surface area contributed by atoms with Crippen LogP contribution in [0.25, 0.3) is 0 Å². The monoisotopic (exact) mass is 763 g/mol. The molecule has 3 aliphatic rings. The van der Waals surface area contributed by atoms with Crippen LogP contribution in [0.15, 0.2) is 5.29 Å². The third kappa shape index (κ3) is 10.2. The van der Waals surface area contributed by atoms with Crippen LogP contribution in [0.3, 0.4) is 0 Å². The van der Waals surface area contributed by atoms with Crippen LogP contribution in [-0.2, 0) is 33.2 Å². The average Bonchev–Trinajstić information content (AvgIpc) is 3.09. The maximum Gasteiger partial charge on any atom is 0.311 e. The normalized spacial score (nSPS) is 48.6. The van der Waals surface area contributed by atoms with Crippen molar-refractivity contribution in [1.29, 1.82) is 0 Å². The molecular formula is C37H69N3O13. The van der Waals surface area contributed by atoms with Gasteiger partial charge in [0.15, 0.2) is 12.6 Å². The largest absolute Gasteiger partial charge is 0.459 e. The molecule has 3 aliphatic heterocycles. The minimum atomic E-state index is -1.83. The number of carbonyl (C=O) groups excluding carboxylic acids is 1. The Hall–Kier alpha value is -1.57. The molecule has 0 amide bonds. The molecule has 3 heterocycles. The predicted molar refractivity (Wildman–Crippen MR) is 194 cm³/mol. The fourth-order valence-electron chi connectivity index (χ4n) is 8.65. The molecule has 3 fully saturated rings. The molecule has 0 aromatic rings. The lowest BCUT2D eigenvalue weighted by atomic mass is 9.77. The summed E-state index contributed by atoms with van der Waals surface area (Å²) in [7, 11) is 4.75. The Bertz CT molecular complexity index is 1200. The van der Waals surface area contributed by atoms with Crippen LogP contribution in [0.5, 0.6) is 0 Å². The van der Waals surface area contributed by atoms with Gasteiger partial charge in [0.1, 0.15) is 30.0 Å². The second-order valence-corrected chi connectivity index (χ2v) is 16.9. The van der Waals surface area contributed by atoms with Gasteiger partial charge in [-0.05, 0) is 80.7 Å². The molecule has 0 aromatic heterocycles. The summed E-state index contributed by atoms with van der Waals surface area (Å²) in [4.78, 5) is 27.6. The molecule has 310 valence electrons. The third-order valence-electron chi connectivity index (χ3n) is 12.2. The van der Waals surface area contributed by atoms with E-state index in [9.17, 15) is 35.2 Å². The summed E-state index contributed by atoms with van der Waals surface area (Å²) < 4.78 is 37.2. The van der Waals surface area contributed by atoms with Gasteiger partial charge in [-0.25, -0.2) is 0 Å². The van der Waals surface area contributed by atoms with Gasteiger partial charge in [0.05, 0.1) is 52.9 Å². The average molecular weight is 764 g/mol.